The van der Waals surface area contributed by atoms with Gasteiger partial charge in [0.25, 0.3) is 5.69 Å². The molecule has 0 bridgehead atoms. The SMILES string of the molecule is O=Cc1cc([N+](=O)[O-])ccc1OCC(F)(F)C(F)(F)F. The second-order valence-electron chi connectivity index (χ2n) is 3.59. The van der Waals surface area contributed by atoms with Crippen molar-refractivity contribution in [3.63, 3.8) is 0 Å². The fraction of sp³-hybridized carbons (Fsp3) is 0.300. The zero-order valence-electron chi connectivity index (χ0n) is 9.49. The summed E-state index contributed by atoms with van der Waals surface area (Å²) in [5, 5.41) is 10.4. The Labute approximate surface area is 108 Å². The van der Waals surface area contributed by atoms with Gasteiger partial charge in [-0.15, -0.1) is 0 Å². The number of nitro groups is 1. The highest BCUT2D eigenvalue weighted by molar-refractivity contribution is 5.80. The van der Waals surface area contributed by atoms with Gasteiger partial charge >= 0.3 is 12.1 Å². The van der Waals surface area contributed by atoms with Crippen molar-refractivity contribution in [2.45, 2.75) is 12.1 Å². The van der Waals surface area contributed by atoms with E-state index in [4.69, 9.17) is 0 Å². The number of carbonyl (C=O) groups is 1. The zero-order valence-corrected chi connectivity index (χ0v) is 9.49. The number of rotatable bonds is 5. The Kier molecular flexibility index (Phi) is 4.26. The molecule has 0 aliphatic heterocycles. The van der Waals surface area contributed by atoms with Crippen molar-refractivity contribution in [2.24, 2.45) is 0 Å². The van der Waals surface area contributed by atoms with E-state index in [2.05, 4.69) is 4.74 Å². The Morgan fingerprint density at radius 2 is 1.85 bits per heavy atom. The topological polar surface area (TPSA) is 69.4 Å². The zero-order chi connectivity index (χ0) is 15.6. The summed E-state index contributed by atoms with van der Waals surface area (Å²) >= 11 is 0. The first kappa shape index (κ1) is 15.8. The molecule has 0 radical (unpaired) electrons. The van der Waals surface area contributed by atoms with Crippen molar-refractivity contribution in [1.29, 1.82) is 0 Å². The maximum atomic E-state index is 12.6. The summed E-state index contributed by atoms with van der Waals surface area (Å²) in [6.45, 7) is -2.03. The highest BCUT2D eigenvalue weighted by Gasteiger charge is 2.58. The van der Waals surface area contributed by atoms with E-state index in [-0.39, 0.29) is 6.29 Å². The quantitative estimate of drug-likeness (QED) is 0.363. The van der Waals surface area contributed by atoms with Gasteiger partial charge < -0.3 is 4.74 Å². The Hall–Kier alpha value is -2.26. The van der Waals surface area contributed by atoms with Gasteiger partial charge in [-0.25, -0.2) is 0 Å². The fourth-order valence-electron chi connectivity index (χ4n) is 1.12. The Morgan fingerprint density at radius 1 is 1.25 bits per heavy atom. The van der Waals surface area contributed by atoms with Crippen LogP contribution in [0.15, 0.2) is 18.2 Å². The molecule has 1 rings (SSSR count). The first-order valence-corrected chi connectivity index (χ1v) is 4.89. The molecule has 0 N–H and O–H groups in total. The number of alkyl halides is 5. The molecule has 0 aliphatic rings. The highest BCUT2D eigenvalue weighted by Crippen LogP contribution is 2.36. The normalized spacial score (nSPS) is 12.1. The average molecular weight is 299 g/mol. The molecule has 0 aromatic heterocycles. The number of ether oxygens (including phenoxy) is 1. The molecule has 1 aromatic rings. The summed E-state index contributed by atoms with van der Waals surface area (Å²) in [4.78, 5) is 20.2. The van der Waals surface area contributed by atoms with Crippen LogP contribution in [0.1, 0.15) is 10.4 Å². The first-order chi connectivity index (χ1) is 9.08. The summed E-state index contributed by atoms with van der Waals surface area (Å²) in [6.07, 6.45) is -5.75. The number of hydrogen-bond acceptors (Lipinski definition) is 4. The summed E-state index contributed by atoms with van der Waals surface area (Å²) in [5.41, 5.74) is -1.03. The molecule has 0 saturated carbocycles. The molecular weight excluding hydrogens is 293 g/mol. The number of nitrogens with zero attached hydrogens (tertiary/aromatic N) is 1. The lowest BCUT2D eigenvalue weighted by molar-refractivity contribution is -0.384. The molecule has 0 aliphatic carbocycles. The van der Waals surface area contributed by atoms with Crippen LogP contribution in [0.2, 0.25) is 0 Å². The minimum atomic E-state index is -5.80. The summed E-state index contributed by atoms with van der Waals surface area (Å²) in [7, 11) is 0. The number of nitro benzene ring substituents is 1. The van der Waals surface area contributed by atoms with Gasteiger partial charge in [-0.2, -0.15) is 22.0 Å². The molecule has 5 nitrogen and oxygen atoms in total. The van der Waals surface area contributed by atoms with Gasteiger partial charge in [-0.05, 0) is 6.07 Å². The predicted octanol–water partition coefficient (Wildman–Crippen LogP) is 2.98. The molecule has 0 atom stereocenters. The molecule has 10 heteroatoms. The van der Waals surface area contributed by atoms with Crippen LogP contribution in [0.25, 0.3) is 0 Å². The molecule has 0 heterocycles. The van der Waals surface area contributed by atoms with E-state index < -0.39 is 40.6 Å². The van der Waals surface area contributed by atoms with Crippen molar-refractivity contribution < 1.29 is 36.4 Å². The van der Waals surface area contributed by atoms with E-state index in [1.54, 1.807) is 0 Å². The first-order valence-electron chi connectivity index (χ1n) is 4.89. The van der Waals surface area contributed by atoms with Crippen LogP contribution < -0.4 is 4.74 Å². The molecule has 0 amide bonds. The van der Waals surface area contributed by atoms with Crippen LogP contribution in [0, 0.1) is 10.1 Å². The van der Waals surface area contributed by atoms with Gasteiger partial charge in [0.05, 0.1) is 10.5 Å². The third kappa shape index (κ3) is 3.39. The van der Waals surface area contributed by atoms with E-state index in [0.717, 1.165) is 12.1 Å². The van der Waals surface area contributed by atoms with Crippen molar-refractivity contribution in [1.82, 2.24) is 0 Å². The van der Waals surface area contributed by atoms with Crippen LogP contribution in [-0.4, -0.2) is 29.9 Å². The summed E-state index contributed by atoms with van der Waals surface area (Å²) < 4.78 is 65.2. The third-order valence-electron chi connectivity index (χ3n) is 2.15. The lowest BCUT2D eigenvalue weighted by Crippen LogP contribution is -2.41. The Balaban J connectivity index is 2.94. The average Bonchev–Trinajstić information content (AvgIpc) is 2.34. The minimum Gasteiger partial charge on any atom is -0.486 e. The maximum Gasteiger partial charge on any atom is 0.456 e. The second-order valence-corrected chi connectivity index (χ2v) is 3.59. The van der Waals surface area contributed by atoms with Gasteiger partial charge in [-0.1, -0.05) is 0 Å². The maximum absolute atomic E-state index is 12.6. The number of aldehydes is 1. The van der Waals surface area contributed by atoms with E-state index in [0.29, 0.717) is 6.07 Å². The van der Waals surface area contributed by atoms with Crippen LogP contribution in [0.5, 0.6) is 5.75 Å². The lowest BCUT2D eigenvalue weighted by atomic mass is 10.2. The van der Waals surface area contributed by atoms with Crippen molar-refractivity contribution in [3.05, 3.63) is 33.9 Å². The van der Waals surface area contributed by atoms with E-state index in [1.165, 1.54) is 0 Å². The van der Waals surface area contributed by atoms with E-state index >= 15 is 0 Å². The minimum absolute atomic E-state index is 0.0497. The van der Waals surface area contributed by atoms with Gasteiger partial charge in [0, 0.05) is 12.1 Å². The number of carbonyl (C=O) groups excluding carboxylic acids is 1. The predicted molar refractivity (Wildman–Crippen MR) is 55.0 cm³/mol. The molecule has 0 saturated heterocycles. The monoisotopic (exact) mass is 299 g/mol. The Morgan fingerprint density at radius 3 is 2.30 bits per heavy atom. The Bertz CT molecular complexity index is 529. The molecule has 0 unspecified atom stereocenters. The summed E-state index contributed by atoms with van der Waals surface area (Å²) in [6, 6.07) is 2.29. The highest BCUT2D eigenvalue weighted by atomic mass is 19.4. The number of benzene rings is 1. The van der Waals surface area contributed by atoms with E-state index in [1.807, 2.05) is 0 Å². The largest absolute Gasteiger partial charge is 0.486 e. The molecule has 20 heavy (non-hydrogen) atoms. The molecule has 0 spiro atoms. The van der Waals surface area contributed by atoms with Crippen molar-refractivity contribution in [3.8, 4) is 5.75 Å². The van der Waals surface area contributed by atoms with Crippen LogP contribution >= 0.6 is 0 Å². The third-order valence-corrected chi connectivity index (χ3v) is 2.15. The van der Waals surface area contributed by atoms with E-state index in [9.17, 15) is 36.9 Å². The fourth-order valence-corrected chi connectivity index (χ4v) is 1.12. The van der Waals surface area contributed by atoms with Gasteiger partial charge in [0.15, 0.2) is 12.9 Å². The summed E-state index contributed by atoms with van der Waals surface area (Å²) in [5.74, 6) is -5.70. The van der Waals surface area contributed by atoms with Crippen molar-refractivity contribution in [2.75, 3.05) is 6.61 Å². The van der Waals surface area contributed by atoms with Gasteiger partial charge in [-0.3, -0.25) is 14.9 Å². The second kappa shape index (κ2) is 5.39. The molecule has 110 valence electrons. The molecule has 0 fully saturated rings. The standard InChI is InChI=1S/C10H6F5NO4/c11-9(12,10(13,14)15)5-20-8-2-1-7(16(18)19)3-6(8)4-17/h1-4H,5H2. The number of non-ortho nitro benzene ring substituents is 1. The van der Waals surface area contributed by atoms with Gasteiger partial charge in [0.2, 0.25) is 0 Å². The number of halogens is 5. The molecular formula is C10H6F5NO4. The lowest BCUT2D eigenvalue weighted by Gasteiger charge is -2.20. The van der Waals surface area contributed by atoms with Crippen molar-refractivity contribution >= 4 is 12.0 Å². The van der Waals surface area contributed by atoms with Gasteiger partial charge in [0.1, 0.15) is 5.75 Å². The van der Waals surface area contributed by atoms with Crippen LogP contribution in [0.4, 0.5) is 27.6 Å². The van der Waals surface area contributed by atoms with Crippen LogP contribution in [0.3, 0.4) is 0 Å². The van der Waals surface area contributed by atoms with Crippen LogP contribution in [-0.2, 0) is 0 Å². The molecule has 1 aromatic carbocycles. The number of hydrogen-bond donors (Lipinski definition) is 0. The smallest absolute Gasteiger partial charge is 0.456 e.